The zero-order valence-electron chi connectivity index (χ0n) is 6.94. The first-order chi connectivity index (χ1) is 6.56. The van der Waals surface area contributed by atoms with Crippen molar-refractivity contribution in [1.82, 2.24) is 0 Å². The molecule has 5 nitrogen and oxygen atoms in total. The van der Waals surface area contributed by atoms with Crippen LogP contribution < -0.4 is 5.73 Å². The number of nitrogens with two attached hydrogens (primary N) is 1. The van der Waals surface area contributed by atoms with E-state index in [4.69, 9.17) is 16.0 Å². The van der Waals surface area contributed by atoms with Crippen LogP contribution in [0.5, 0.6) is 0 Å². The molecule has 1 aromatic rings. The molecule has 14 heavy (non-hydrogen) atoms. The molecule has 0 heterocycles. The molecular formula is C8H7FN2O3. The van der Waals surface area contributed by atoms with Gasteiger partial charge in [-0.05, 0) is 12.1 Å². The van der Waals surface area contributed by atoms with E-state index in [0.717, 1.165) is 12.1 Å². The van der Waals surface area contributed by atoms with Crippen molar-refractivity contribution in [2.24, 2.45) is 10.9 Å². The van der Waals surface area contributed by atoms with Gasteiger partial charge >= 0.3 is 5.97 Å². The van der Waals surface area contributed by atoms with E-state index in [-0.39, 0.29) is 11.4 Å². The molecule has 6 heteroatoms. The fourth-order valence-electron chi connectivity index (χ4n) is 0.906. The van der Waals surface area contributed by atoms with Crippen molar-refractivity contribution in [2.45, 2.75) is 0 Å². The molecule has 0 unspecified atom stereocenters. The molecule has 0 amide bonds. The zero-order chi connectivity index (χ0) is 10.7. The largest absolute Gasteiger partial charge is 0.478 e. The van der Waals surface area contributed by atoms with Gasteiger partial charge in [-0.25, -0.2) is 9.18 Å². The third kappa shape index (κ3) is 1.79. The summed E-state index contributed by atoms with van der Waals surface area (Å²) in [6.07, 6.45) is 0. The van der Waals surface area contributed by atoms with Crippen LogP contribution in [0, 0.1) is 5.82 Å². The summed E-state index contributed by atoms with van der Waals surface area (Å²) in [7, 11) is 0. The molecule has 0 atom stereocenters. The second-order valence-electron chi connectivity index (χ2n) is 2.49. The average Bonchev–Trinajstić information content (AvgIpc) is 2.15. The Bertz CT molecular complexity index is 404. The first-order valence-corrected chi connectivity index (χ1v) is 3.57. The van der Waals surface area contributed by atoms with Gasteiger partial charge in [0, 0.05) is 5.56 Å². The molecule has 1 aromatic carbocycles. The summed E-state index contributed by atoms with van der Waals surface area (Å²) in [6, 6.07) is 3.19. The first kappa shape index (κ1) is 9.97. The lowest BCUT2D eigenvalue weighted by atomic mass is 10.1. The first-order valence-electron chi connectivity index (χ1n) is 3.57. The summed E-state index contributed by atoms with van der Waals surface area (Å²) in [6.45, 7) is 0. The number of aromatic carboxylic acids is 1. The van der Waals surface area contributed by atoms with Gasteiger partial charge in [0.2, 0.25) is 0 Å². The highest BCUT2D eigenvalue weighted by molar-refractivity contribution is 5.98. The Morgan fingerprint density at radius 3 is 2.57 bits per heavy atom. The highest BCUT2D eigenvalue weighted by Gasteiger charge is 2.11. The van der Waals surface area contributed by atoms with Crippen LogP contribution in [-0.4, -0.2) is 22.1 Å². The van der Waals surface area contributed by atoms with Gasteiger partial charge in [-0.15, -0.1) is 0 Å². The van der Waals surface area contributed by atoms with Crippen LogP contribution in [-0.2, 0) is 0 Å². The number of oxime groups is 1. The lowest BCUT2D eigenvalue weighted by molar-refractivity contribution is 0.0692. The van der Waals surface area contributed by atoms with E-state index in [1.165, 1.54) is 6.07 Å². The van der Waals surface area contributed by atoms with Gasteiger partial charge in [-0.2, -0.15) is 0 Å². The van der Waals surface area contributed by atoms with Gasteiger partial charge < -0.3 is 16.0 Å². The molecule has 74 valence electrons. The number of amidine groups is 1. The fourth-order valence-corrected chi connectivity index (χ4v) is 0.906. The summed E-state index contributed by atoms with van der Waals surface area (Å²) in [5.41, 5.74) is 4.84. The van der Waals surface area contributed by atoms with Crippen LogP contribution in [0.1, 0.15) is 15.9 Å². The Morgan fingerprint density at radius 2 is 2.14 bits per heavy atom. The molecule has 0 spiro atoms. The van der Waals surface area contributed by atoms with Gasteiger partial charge in [-0.1, -0.05) is 11.2 Å². The maximum Gasteiger partial charge on any atom is 0.338 e. The van der Waals surface area contributed by atoms with Crippen LogP contribution in [0.2, 0.25) is 0 Å². The molecule has 0 radical (unpaired) electrons. The molecule has 0 aromatic heterocycles. The van der Waals surface area contributed by atoms with E-state index in [1.807, 2.05) is 0 Å². The van der Waals surface area contributed by atoms with E-state index in [0.29, 0.717) is 0 Å². The van der Waals surface area contributed by atoms with Gasteiger partial charge in [0.15, 0.2) is 5.84 Å². The molecule has 0 bridgehead atoms. The zero-order valence-corrected chi connectivity index (χ0v) is 6.94. The standard InChI is InChI=1S/C8H7FN2O3/c9-6-3-4(7(10)11-14)1-2-5(6)8(12)13/h1-3,14H,(H2,10,11)(H,12,13). The van der Waals surface area contributed by atoms with Crippen molar-refractivity contribution >= 4 is 11.8 Å². The van der Waals surface area contributed by atoms with Crippen molar-refractivity contribution in [1.29, 1.82) is 0 Å². The van der Waals surface area contributed by atoms with Crippen LogP contribution >= 0.6 is 0 Å². The Balaban J connectivity index is 3.19. The molecule has 0 saturated heterocycles. The van der Waals surface area contributed by atoms with Crippen LogP contribution in [0.4, 0.5) is 4.39 Å². The third-order valence-corrected chi connectivity index (χ3v) is 1.60. The second-order valence-corrected chi connectivity index (χ2v) is 2.49. The monoisotopic (exact) mass is 198 g/mol. The molecule has 0 saturated carbocycles. The Hall–Kier alpha value is -2.11. The molecule has 0 aliphatic carbocycles. The summed E-state index contributed by atoms with van der Waals surface area (Å²) < 4.78 is 13.0. The lowest BCUT2D eigenvalue weighted by Crippen LogP contribution is -2.14. The predicted octanol–water partition coefficient (Wildman–Crippen LogP) is 0.618. The van der Waals surface area contributed by atoms with Crippen molar-refractivity contribution in [2.75, 3.05) is 0 Å². The summed E-state index contributed by atoms with van der Waals surface area (Å²) in [4.78, 5) is 10.4. The molecule has 0 fully saturated rings. The van der Waals surface area contributed by atoms with E-state index in [9.17, 15) is 9.18 Å². The minimum absolute atomic E-state index is 0.120. The van der Waals surface area contributed by atoms with Crippen molar-refractivity contribution in [3.05, 3.63) is 35.1 Å². The number of benzene rings is 1. The second kappa shape index (κ2) is 3.73. The lowest BCUT2D eigenvalue weighted by Gasteiger charge is -2.00. The van der Waals surface area contributed by atoms with Gasteiger partial charge in [0.05, 0.1) is 5.56 Å². The van der Waals surface area contributed by atoms with Crippen molar-refractivity contribution in [3.63, 3.8) is 0 Å². The number of hydrogen-bond acceptors (Lipinski definition) is 3. The predicted molar refractivity (Wildman–Crippen MR) is 45.9 cm³/mol. The minimum atomic E-state index is -1.37. The topological polar surface area (TPSA) is 95.9 Å². The van der Waals surface area contributed by atoms with E-state index in [2.05, 4.69) is 5.16 Å². The summed E-state index contributed by atoms with van der Waals surface area (Å²) >= 11 is 0. The smallest absolute Gasteiger partial charge is 0.338 e. The van der Waals surface area contributed by atoms with E-state index >= 15 is 0 Å². The molecular weight excluding hydrogens is 191 g/mol. The maximum atomic E-state index is 13.0. The Labute approximate surface area is 78.3 Å². The number of halogens is 1. The van der Waals surface area contributed by atoms with Crippen LogP contribution in [0.15, 0.2) is 23.4 Å². The highest BCUT2D eigenvalue weighted by Crippen LogP contribution is 2.10. The van der Waals surface area contributed by atoms with Gasteiger partial charge in [0.1, 0.15) is 5.82 Å². The number of rotatable bonds is 2. The van der Waals surface area contributed by atoms with Gasteiger partial charge in [0.25, 0.3) is 0 Å². The fraction of sp³-hybridized carbons (Fsp3) is 0. The normalized spacial score (nSPS) is 11.4. The van der Waals surface area contributed by atoms with E-state index < -0.39 is 17.3 Å². The third-order valence-electron chi connectivity index (χ3n) is 1.60. The SMILES string of the molecule is NC(=NO)c1ccc(C(=O)O)c(F)c1. The van der Waals surface area contributed by atoms with Crippen LogP contribution in [0.25, 0.3) is 0 Å². The quantitative estimate of drug-likeness (QED) is 0.281. The highest BCUT2D eigenvalue weighted by atomic mass is 19.1. The minimum Gasteiger partial charge on any atom is -0.478 e. The number of carbonyl (C=O) groups is 1. The van der Waals surface area contributed by atoms with E-state index in [1.54, 1.807) is 0 Å². The molecule has 0 aliphatic heterocycles. The molecule has 0 aliphatic rings. The number of carboxylic acids is 1. The van der Waals surface area contributed by atoms with Gasteiger partial charge in [-0.3, -0.25) is 0 Å². The number of hydrogen-bond donors (Lipinski definition) is 3. The molecule has 1 rings (SSSR count). The van der Waals surface area contributed by atoms with Crippen molar-refractivity contribution < 1.29 is 19.5 Å². The Kier molecular flexibility index (Phi) is 2.66. The summed E-state index contributed by atoms with van der Waals surface area (Å²) in [5.74, 6) is -2.57. The number of carboxylic acid groups (broad SMARTS) is 1. The van der Waals surface area contributed by atoms with Crippen LogP contribution in [0.3, 0.4) is 0 Å². The maximum absolute atomic E-state index is 13.0. The molecule has 4 N–H and O–H groups in total. The summed E-state index contributed by atoms with van der Waals surface area (Å²) in [5, 5.41) is 19.4. The average molecular weight is 198 g/mol. The Morgan fingerprint density at radius 1 is 1.50 bits per heavy atom. The number of nitrogens with zero attached hydrogens (tertiary/aromatic N) is 1. The van der Waals surface area contributed by atoms with Crippen molar-refractivity contribution in [3.8, 4) is 0 Å².